The van der Waals surface area contributed by atoms with Crippen LogP contribution < -0.4 is 4.90 Å². The fourth-order valence-corrected chi connectivity index (χ4v) is 2.99. The number of rotatable bonds is 2. The van der Waals surface area contributed by atoms with Gasteiger partial charge >= 0.3 is 5.97 Å². The van der Waals surface area contributed by atoms with Gasteiger partial charge in [0.2, 0.25) is 0 Å². The summed E-state index contributed by atoms with van der Waals surface area (Å²) >= 11 is 0. The molecule has 18 heavy (non-hydrogen) atoms. The van der Waals surface area contributed by atoms with Gasteiger partial charge in [-0.1, -0.05) is 6.07 Å². The Hall–Kier alpha value is -1.58. The summed E-state index contributed by atoms with van der Waals surface area (Å²) in [6, 6.07) is 4.06. The van der Waals surface area contributed by atoms with Crippen molar-refractivity contribution in [1.29, 1.82) is 0 Å². The maximum atomic E-state index is 11.7. The van der Waals surface area contributed by atoms with Crippen LogP contribution in [0.15, 0.2) is 12.1 Å². The molecule has 0 amide bonds. The van der Waals surface area contributed by atoms with E-state index in [0.29, 0.717) is 0 Å². The summed E-state index contributed by atoms with van der Waals surface area (Å²) in [6.07, 6.45) is 5.30. The van der Waals surface area contributed by atoms with Gasteiger partial charge < -0.3 is 9.64 Å². The average Bonchev–Trinajstić information content (AvgIpc) is 3.05. The summed E-state index contributed by atoms with van der Waals surface area (Å²) in [5.74, 6) is 0.790. The Morgan fingerprint density at radius 1 is 1.39 bits per heavy atom. The zero-order valence-corrected chi connectivity index (χ0v) is 10.7. The number of hydrogen-bond acceptors (Lipinski definition) is 4. The van der Waals surface area contributed by atoms with Crippen molar-refractivity contribution in [3.8, 4) is 0 Å². The van der Waals surface area contributed by atoms with Crippen molar-refractivity contribution in [3.05, 3.63) is 23.4 Å². The van der Waals surface area contributed by atoms with Crippen LogP contribution >= 0.6 is 0 Å². The normalized spacial score (nSPS) is 22.1. The molecule has 1 unspecified atom stereocenters. The molecule has 2 aliphatic rings. The number of aryl methyl sites for hydroxylation is 2. The van der Waals surface area contributed by atoms with Gasteiger partial charge in [0.15, 0.2) is 0 Å². The summed E-state index contributed by atoms with van der Waals surface area (Å²) < 4.78 is 4.87. The van der Waals surface area contributed by atoms with E-state index in [2.05, 4.69) is 11.0 Å². The van der Waals surface area contributed by atoms with Gasteiger partial charge in [0.05, 0.1) is 7.11 Å². The number of aromatic nitrogens is 1. The molecule has 1 aliphatic heterocycles. The summed E-state index contributed by atoms with van der Waals surface area (Å²) in [4.78, 5) is 18.5. The number of anilines is 1. The van der Waals surface area contributed by atoms with Crippen LogP contribution in [0, 0.1) is 0 Å². The number of methoxy groups -OCH3 is 1. The van der Waals surface area contributed by atoms with Crippen molar-refractivity contribution in [2.24, 2.45) is 0 Å². The molecule has 2 heterocycles. The lowest BCUT2D eigenvalue weighted by Gasteiger charge is -2.24. The van der Waals surface area contributed by atoms with E-state index in [-0.39, 0.29) is 12.0 Å². The van der Waals surface area contributed by atoms with Crippen LogP contribution in [0.1, 0.15) is 30.5 Å². The van der Waals surface area contributed by atoms with Crippen LogP contribution in [0.2, 0.25) is 0 Å². The van der Waals surface area contributed by atoms with Crippen molar-refractivity contribution in [3.63, 3.8) is 0 Å². The van der Waals surface area contributed by atoms with Gasteiger partial charge in [0, 0.05) is 12.2 Å². The molecule has 0 radical (unpaired) electrons. The Morgan fingerprint density at radius 2 is 2.28 bits per heavy atom. The Kier molecular flexibility index (Phi) is 2.94. The average molecular weight is 246 g/mol. The molecule has 1 aliphatic carbocycles. The van der Waals surface area contributed by atoms with Crippen LogP contribution in [0.25, 0.3) is 0 Å². The summed E-state index contributed by atoms with van der Waals surface area (Å²) in [6.45, 7) is 0.894. The maximum absolute atomic E-state index is 11.7. The molecule has 0 spiro atoms. The standard InChI is InChI=1S/C14H18N2O2/c1-18-14(17)12-6-3-9-16(12)13-8-7-10-4-2-5-11(10)15-13/h7-8,12H,2-6,9H2,1H3. The van der Waals surface area contributed by atoms with Gasteiger partial charge in [-0.15, -0.1) is 0 Å². The first-order valence-electron chi connectivity index (χ1n) is 6.63. The van der Waals surface area contributed by atoms with Crippen LogP contribution in [-0.4, -0.2) is 30.6 Å². The Labute approximate surface area is 107 Å². The molecule has 3 rings (SSSR count). The highest BCUT2D eigenvalue weighted by molar-refractivity contribution is 5.80. The van der Waals surface area contributed by atoms with E-state index in [0.717, 1.165) is 38.0 Å². The van der Waals surface area contributed by atoms with Crippen LogP contribution in [-0.2, 0) is 22.4 Å². The number of carbonyl (C=O) groups excluding carboxylic acids is 1. The lowest BCUT2D eigenvalue weighted by Crippen LogP contribution is -2.37. The second kappa shape index (κ2) is 4.59. The van der Waals surface area contributed by atoms with Gasteiger partial charge in [-0.3, -0.25) is 0 Å². The van der Waals surface area contributed by atoms with E-state index in [4.69, 9.17) is 9.72 Å². The first-order chi connectivity index (χ1) is 8.79. The third-order valence-corrected chi connectivity index (χ3v) is 3.93. The molecular formula is C14H18N2O2. The van der Waals surface area contributed by atoms with E-state index in [1.807, 2.05) is 6.07 Å². The highest BCUT2D eigenvalue weighted by Gasteiger charge is 2.32. The molecule has 4 heteroatoms. The zero-order chi connectivity index (χ0) is 12.5. The minimum Gasteiger partial charge on any atom is -0.467 e. The molecular weight excluding hydrogens is 228 g/mol. The monoisotopic (exact) mass is 246 g/mol. The van der Waals surface area contributed by atoms with Crippen LogP contribution in [0.3, 0.4) is 0 Å². The van der Waals surface area contributed by atoms with Crippen LogP contribution in [0.5, 0.6) is 0 Å². The SMILES string of the molecule is COC(=O)C1CCCN1c1ccc2c(n1)CCC2. The van der Waals surface area contributed by atoms with Gasteiger partial charge in [0.25, 0.3) is 0 Å². The first kappa shape index (κ1) is 11.5. The highest BCUT2D eigenvalue weighted by atomic mass is 16.5. The van der Waals surface area contributed by atoms with E-state index >= 15 is 0 Å². The maximum Gasteiger partial charge on any atom is 0.328 e. The number of pyridine rings is 1. The molecule has 1 aromatic rings. The van der Waals surface area contributed by atoms with Crippen molar-refractivity contribution in [2.45, 2.75) is 38.1 Å². The van der Waals surface area contributed by atoms with Gasteiger partial charge in [-0.05, 0) is 43.7 Å². The highest BCUT2D eigenvalue weighted by Crippen LogP contribution is 2.28. The minimum atomic E-state index is -0.151. The van der Waals surface area contributed by atoms with Gasteiger partial charge in [-0.25, -0.2) is 9.78 Å². The number of esters is 1. The quantitative estimate of drug-likeness (QED) is 0.745. The molecule has 0 bridgehead atoms. The lowest BCUT2D eigenvalue weighted by molar-refractivity contribution is -0.141. The molecule has 1 atom stereocenters. The van der Waals surface area contributed by atoms with Gasteiger partial charge in [-0.2, -0.15) is 0 Å². The molecule has 0 saturated carbocycles. The smallest absolute Gasteiger partial charge is 0.328 e. The predicted octanol–water partition coefficient (Wildman–Crippen LogP) is 1.71. The van der Waals surface area contributed by atoms with Crippen molar-refractivity contribution in [2.75, 3.05) is 18.6 Å². The molecule has 4 nitrogen and oxygen atoms in total. The van der Waals surface area contributed by atoms with Crippen molar-refractivity contribution < 1.29 is 9.53 Å². The number of fused-ring (bicyclic) bond motifs is 1. The molecule has 1 saturated heterocycles. The van der Waals surface area contributed by atoms with Crippen LogP contribution in [0.4, 0.5) is 5.82 Å². The Morgan fingerprint density at radius 3 is 3.11 bits per heavy atom. The number of carbonyl (C=O) groups is 1. The molecule has 96 valence electrons. The molecule has 0 N–H and O–H groups in total. The molecule has 1 aromatic heterocycles. The fraction of sp³-hybridized carbons (Fsp3) is 0.571. The van der Waals surface area contributed by atoms with Gasteiger partial charge in [0.1, 0.15) is 11.9 Å². The summed E-state index contributed by atoms with van der Waals surface area (Å²) in [7, 11) is 1.45. The second-order valence-corrected chi connectivity index (χ2v) is 5.00. The summed E-state index contributed by atoms with van der Waals surface area (Å²) in [5.41, 5.74) is 2.58. The van der Waals surface area contributed by atoms with E-state index in [1.165, 1.54) is 24.8 Å². The largest absolute Gasteiger partial charge is 0.467 e. The van der Waals surface area contributed by atoms with E-state index < -0.39 is 0 Å². The Balaban J connectivity index is 1.87. The first-order valence-corrected chi connectivity index (χ1v) is 6.63. The number of nitrogens with zero attached hydrogens (tertiary/aromatic N) is 2. The molecule has 1 fully saturated rings. The van der Waals surface area contributed by atoms with E-state index in [1.54, 1.807) is 0 Å². The number of ether oxygens (including phenoxy) is 1. The van der Waals surface area contributed by atoms with Crippen molar-refractivity contribution >= 4 is 11.8 Å². The topological polar surface area (TPSA) is 42.4 Å². The minimum absolute atomic E-state index is 0.144. The fourth-order valence-electron chi connectivity index (χ4n) is 2.99. The van der Waals surface area contributed by atoms with E-state index in [9.17, 15) is 4.79 Å². The Bertz CT molecular complexity index is 473. The lowest BCUT2D eigenvalue weighted by atomic mass is 10.2. The number of hydrogen-bond donors (Lipinski definition) is 0. The van der Waals surface area contributed by atoms with Crippen molar-refractivity contribution in [1.82, 2.24) is 4.98 Å². The summed E-state index contributed by atoms with van der Waals surface area (Å²) in [5, 5.41) is 0. The third-order valence-electron chi connectivity index (χ3n) is 3.93. The second-order valence-electron chi connectivity index (χ2n) is 5.00. The predicted molar refractivity (Wildman–Crippen MR) is 68.6 cm³/mol. The zero-order valence-electron chi connectivity index (χ0n) is 10.7. The third kappa shape index (κ3) is 1.85. The molecule has 0 aromatic carbocycles.